The maximum atomic E-state index is 13.0. The number of amides is 1. The number of rotatable bonds is 7. The van der Waals surface area contributed by atoms with Gasteiger partial charge >= 0.3 is 6.18 Å². The fourth-order valence-corrected chi connectivity index (χ4v) is 4.20. The minimum atomic E-state index is -4.43. The van der Waals surface area contributed by atoms with Crippen molar-refractivity contribution in [3.63, 3.8) is 0 Å². The van der Waals surface area contributed by atoms with E-state index in [4.69, 9.17) is 14.2 Å². The maximum absolute atomic E-state index is 13.0. The summed E-state index contributed by atoms with van der Waals surface area (Å²) in [6, 6.07) is 9.21. The van der Waals surface area contributed by atoms with E-state index in [0.717, 1.165) is 12.3 Å². The highest BCUT2D eigenvalue weighted by Crippen LogP contribution is 2.33. The third-order valence-corrected chi connectivity index (χ3v) is 6.16. The fourth-order valence-electron chi connectivity index (χ4n) is 4.20. The van der Waals surface area contributed by atoms with Crippen molar-refractivity contribution in [3.8, 4) is 28.6 Å². The third-order valence-electron chi connectivity index (χ3n) is 6.16. The normalized spacial score (nSPS) is 17.9. The van der Waals surface area contributed by atoms with Crippen molar-refractivity contribution in [2.75, 3.05) is 14.2 Å². The Morgan fingerprint density at radius 2 is 1.81 bits per heavy atom. The number of halogens is 3. The van der Waals surface area contributed by atoms with Crippen LogP contribution in [-0.2, 0) is 13.2 Å². The van der Waals surface area contributed by atoms with Crippen LogP contribution in [0.25, 0.3) is 11.3 Å². The number of pyridine rings is 1. The molecule has 0 atom stereocenters. The molecule has 0 unspecified atom stereocenters. The summed E-state index contributed by atoms with van der Waals surface area (Å²) in [7, 11) is 4.84. The molecule has 0 aliphatic heterocycles. The van der Waals surface area contributed by atoms with E-state index in [1.165, 1.54) is 10.7 Å². The molecule has 0 spiro atoms. The lowest BCUT2D eigenvalue weighted by atomic mass is 9.93. The summed E-state index contributed by atoms with van der Waals surface area (Å²) in [5.41, 5.74) is 0.882. The van der Waals surface area contributed by atoms with Crippen LogP contribution in [-0.4, -0.2) is 47.0 Å². The molecule has 1 saturated carbocycles. The summed E-state index contributed by atoms with van der Waals surface area (Å²) in [6.07, 6.45) is -1.21. The van der Waals surface area contributed by atoms with E-state index in [1.807, 2.05) is 0 Å². The van der Waals surface area contributed by atoms with Crippen LogP contribution in [0.1, 0.15) is 41.7 Å². The number of hydrogen-bond donors (Lipinski definition) is 1. The lowest BCUT2D eigenvalue weighted by Crippen LogP contribution is -2.40. The van der Waals surface area contributed by atoms with Gasteiger partial charge in [0.1, 0.15) is 23.3 Å². The molecule has 1 aliphatic rings. The van der Waals surface area contributed by atoms with Gasteiger partial charge in [-0.2, -0.15) is 18.3 Å². The van der Waals surface area contributed by atoms with Gasteiger partial charge in [0.25, 0.3) is 5.91 Å². The summed E-state index contributed by atoms with van der Waals surface area (Å²) in [5, 5.41) is 7.53. The van der Waals surface area contributed by atoms with E-state index in [0.29, 0.717) is 54.1 Å². The number of ether oxygens (including phenoxy) is 3. The van der Waals surface area contributed by atoms with Crippen LogP contribution in [0.4, 0.5) is 13.2 Å². The topological polar surface area (TPSA) is 87.5 Å². The minimum absolute atomic E-state index is 0.0531. The highest BCUT2D eigenvalue weighted by molar-refractivity contribution is 5.94. The number of aryl methyl sites for hydroxylation is 1. The standard InChI is InChI=1S/C25H27F3N4O4/c1-32-21(13-20(31-32)19-12-18(34-2)9-10-22(19)35-3)24(33)30-16-5-7-17(8-6-16)36-23-11-4-15(14-29-23)25(26,27)28/h4,9-14,16-17H,5-8H2,1-3H3,(H,30,33). The predicted octanol–water partition coefficient (Wildman–Crippen LogP) is 4.64. The zero-order chi connectivity index (χ0) is 25.9. The number of alkyl halides is 3. The molecule has 0 saturated heterocycles. The largest absolute Gasteiger partial charge is 0.497 e. The number of carbonyl (C=O) groups excluding carboxylic acids is 1. The van der Waals surface area contributed by atoms with Gasteiger partial charge in [-0.15, -0.1) is 0 Å². The molecule has 2 aromatic heterocycles. The Bertz CT molecular complexity index is 1200. The second kappa shape index (κ2) is 10.5. The predicted molar refractivity (Wildman–Crippen MR) is 125 cm³/mol. The van der Waals surface area contributed by atoms with Gasteiger partial charge in [0.05, 0.1) is 25.5 Å². The third kappa shape index (κ3) is 5.72. The van der Waals surface area contributed by atoms with Crippen LogP contribution in [0, 0.1) is 0 Å². The van der Waals surface area contributed by atoms with E-state index >= 15 is 0 Å². The fraction of sp³-hybridized carbons (Fsp3) is 0.400. The Balaban J connectivity index is 1.35. The summed E-state index contributed by atoms with van der Waals surface area (Å²) in [5.74, 6) is 1.17. The number of nitrogens with zero attached hydrogens (tertiary/aromatic N) is 3. The van der Waals surface area contributed by atoms with Crippen molar-refractivity contribution in [2.24, 2.45) is 7.05 Å². The Morgan fingerprint density at radius 3 is 2.42 bits per heavy atom. The number of nitrogens with one attached hydrogen (secondary N) is 1. The van der Waals surface area contributed by atoms with Crippen LogP contribution in [0.3, 0.4) is 0 Å². The van der Waals surface area contributed by atoms with Gasteiger partial charge in [0.2, 0.25) is 5.88 Å². The first-order valence-corrected chi connectivity index (χ1v) is 11.4. The molecule has 1 N–H and O–H groups in total. The minimum Gasteiger partial charge on any atom is -0.497 e. The molecule has 8 nitrogen and oxygen atoms in total. The van der Waals surface area contributed by atoms with Crippen LogP contribution in [0.5, 0.6) is 17.4 Å². The molecule has 36 heavy (non-hydrogen) atoms. The number of benzene rings is 1. The molecule has 1 aliphatic carbocycles. The molecule has 3 aromatic rings. The average Bonchev–Trinajstić information content (AvgIpc) is 3.26. The zero-order valence-electron chi connectivity index (χ0n) is 20.1. The molecule has 1 amide bonds. The molecular weight excluding hydrogens is 477 g/mol. The van der Waals surface area contributed by atoms with Crippen molar-refractivity contribution >= 4 is 5.91 Å². The Labute approximate surface area is 206 Å². The van der Waals surface area contributed by atoms with Crippen molar-refractivity contribution in [1.82, 2.24) is 20.1 Å². The Hall–Kier alpha value is -3.76. The van der Waals surface area contributed by atoms with Crippen LogP contribution in [0.2, 0.25) is 0 Å². The van der Waals surface area contributed by atoms with Crippen LogP contribution < -0.4 is 19.5 Å². The average molecular weight is 505 g/mol. The highest BCUT2D eigenvalue weighted by atomic mass is 19.4. The van der Waals surface area contributed by atoms with Gasteiger partial charge in [0, 0.05) is 30.9 Å². The van der Waals surface area contributed by atoms with Gasteiger partial charge in [-0.3, -0.25) is 9.48 Å². The lowest BCUT2D eigenvalue weighted by molar-refractivity contribution is -0.137. The monoisotopic (exact) mass is 504 g/mol. The first-order chi connectivity index (χ1) is 17.2. The van der Waals surface area contributed by atoms with Crippen LogP contribution >= 0.6 is 0 Å². The van der Waals surface area contributed by atoms with Gasteiger partial charge in [-0.25, -0.2) is 4.98 Å². The van der Waals surface area contributed by atoms with Crippen LogP contribution in [0.15, 0.2) is 42.6 Å². The van der Waals surface area contributed by atoms with E-state index in [9.17, 15) is 18.0 Å². The first kappa shape index (κ1) is 25.3. The smallest absolute Gasteiger partial charge is 0.417 e. The van der Waals surface area contributed by atoms with Gasteiger partial charge in [0.15, 0.2) is 0 Å². The Morgan fingerprint density at radius 1 is 1.06 bits per heavy atom. The number of carbonyl (C=O) groups is 1. The second-order valence-corrected chi connectivity index (χ2v) is 8.55. The van der Waals surface area contributed by atoms with E-state index in [2.05, 4.69) is 15.4 Å². The van der Waals surface area contributed by atoms with Gasteiger partial charge < -0.3 is 19.5 Å². The van der Waals surface area contributed by atoms with Gasteiger partial charge in [-0.1, -0.05) is 0 Å². The summed E-state index contributed by atoms with van der Waals surface area (Å²) >= 11 is 0. The molecule has 1 aromatic carbocycles. The molecule has 0 radical (unpaired) electrons. The molecule has 0 bridgehead atoms. The number of aromatic nitrogens is 3. The maximum Gasteiger partial charge on any atom is 0.417 e. The number of methoxy groups -OCH3 is 2. The SMILES string of the molecule is COc1ccc(OC)c(-c2cc(C(=O)NC3CCC(Oc4ccc(C(F)(F)F)cn4)CC3)n(C)n2)c1. The van der Waals surface area contributed by atoms with E-state index < -0.39 is 11.7 Å². The summed E-state index contributed by atoms with van der Waals surface area (Å²) < 4.78 is 56.1. The summed E-state index contributed by atoms with van der Waals surface area (Å²) in [6.45, 7) is 0. The van der Waals surface area contributed by atoms with Crippen molar-refractivity contribution < 1.29 is 32.2 Å². The number of hydrogen-bond acceptors (Lipinski definition) is 6. The van der Waals surface area contributed by atoms with Crippen molar-refractivity contribution in [1.29, 1.82) is 0 Å². The highest BCUT2D eigenvalue weighted by Gasteiger charge is 2.31. The first-order valence-electron chi connectivity index (χ1n) is 11.4. The molecule has 192 valence electrons. The zero-order valence-corrected chi connectivity index (χ0v) is 20.1. The van der Waals surface area contributed by atoms with Crippen molar-refractivity contribution in [3.05, 3.63) is 53.9 Å². The van der Waals surface area contributed by atoms with E-state index in [1.54, 1.807) is 45.5 Å². The molecule has 11 heteroatoms. The lowest BCUT2D eigenvalue weighted by Gasteiger charge is -2.29. The second-order valence-electron chi connectivity index (χ2n) is 8.55. The summed E-state index contributed by atoms with van der Waals surface area (Å²) in [4.78, 5) is 16.7. The molecule has 1 fully saturated rings. The molecule has 2 heterocycles. The van der Waals surface area contributed by atoms with Crippen molar-refractivity contribution in [2.45, 2.75) is 44.0 Å². The van der Waals surface area contributed by atoms with E-state index in [-0.39, 0.29) is 23.9 Å². The van der Waals surface area contributed by atoms with Gasteiger partial charge in [-0.05, 0) is 56.0 Å². The Kier molecular flexibility index (Phi) is 7.37. The quantitative estimate of drug-likeness (QED) is 0.505. The molecule has 4 rings (SSSR count). The molecular formula is C25H27F3N4O4.